The fourth-order valence-corrected chi connectivity index (χ4v) is 4.77. The quantitative estimate of drug-likeness (QED) is 0.385. The van der Waals surface area contributed by atoms with Crippen LogP contribution in [0.3, 0.4) is 0 Å². The van der Waals surface area contributed by atoms with Gasteiger partial charge in [-0.2, -0.15) is 5.10 Å². The van der Waals surface area contributed by atoms with Crippen LogP contribution in [0.2, 0.25) is 0 Å². The summed E-state index contributed by atoms with van der Waals surface area (Å²) in [5.41, 5.74) is 2.75. The Hall–Kier alpha value is -3.81. The summed E-state index contributed by atoms with van der Waals surface area (Å²) < 4.78 is 16.2. The summed E-state index contributed by atoms with van der Waals surface area (Å²) in [7, 11) is 0. The Morgan fingerprint density at radius 1 is 0.972 bits per heavy atom. The fourth-order valence-electron chi connectivity index (χ4n) is 4.77. The maximum atomic E-state index is 14.3. The van der Waals surface area contributed by atoms with Gasteiger partial charge in [0.05, 0.1) is 22.3 Å². The van der Waals surface area contributed by atoms with Crippen molar-refractivity contribution < 1.29 is 9.18 Å². The smallest absolute Gasteiger partial charge is 0.256 e. The van der Waals surface area contributed by atoms with Gasteiger partial charge in [-0.25, -0.2) is 19.0 Å². The molecule has 1 aliphatic rings. The van der Waals surface area contributed by atoms with E-state index in [0.717, 1.165) is 66.3 Å². The summed E-state index contributed by atoms with van der Waals surface area (Å²) >= 11 is 0. The Morgan fingerprint density at radius 2 is 1.75 bits per heavy atom. The van der Waals surface area contributed by atoms with Crippen molar-refractivity contribution in [2.24, 2.45) is 0 Å². The molecule has 0 unspecified atom stereocenters. The molecule has 1 amide bonds. The van der Waals surface area contributed by atoms with Crippen molar-refractivity contribution in [3.05, 3.63) is 77.5 Å². The van der Waals surface area contributed by atoms with Crippen LogP contribution in [0.5, 0.6) is 0 Å². The largest absolute Gasteiger partial charge is 0.354 e. The van der Waals surface area contributed by atoms with E-state index in [9.17, 15) is 9.18 Å². The Kier molecular flexibility index (Phi) is 6.93. The third-order valence-electron chi connectivity index (χ3n) is 6.67. The van der Waals surface area contributed by atoms with Gasteiger partial charge in [-0.1, -0.05) is 43.7 Å². The number of hydrogen-bond acceptors (Lipinski definition) is 5. The molecule has 7 nitrogen and oxygen atoms in total. The van der Waals surface area contributed by atoms with Gasteiger partial charge in [0, 0.05) is 32.6 Å². The normalized spacial score (nSPS) is 14.3. The lowest BCUT2D eigenvalue weighted by Crippen LogP contribution is -2.36. The number of amides is 1. The van der Waals surface area contributed by atoms with E-state index in [1.54, 1.807) is 23.1 Å². The van der Waals surface area contributed by atoms with Gasteiger partial charge in [-0.3, -0.25) is 4.79 Å². The lowest BCUT2D eigenvalue weighted by Gasteiger charge is -2.24. The first-order valence-corrected chi connectivity index (χ1v) is 12.7. The maximum absolute atomic E-state index is 14.3. The lowest BCUT2D eigenvalue weighted by atomic mass is 10.2. The van der Waals surface area contributed by atoms with Crippen LogP contribution in [0, 0.1) is 12.7 Å². The standard InChI is InChI=1S/C28H31FN6O/c1-3-4-15-24-30-26(25-20(2)32-35(27(25)31-24)21-11-6-5-7-12-21)33-16-10-17-34(19-18-33)28(36)22-13-8-9-14-23(22)29/h5-9,11-14H,3-4,10,15-19H2,1-2H3. The highest BCUT2D eigenvalue weighted by Crippen LogP contribution is 2.30. The SMILES string of the molecule is CCCCc1nc(N2CCCN(C(=O)c3ccccc3F)CC2)c2c(C)nn(-c3ccccc3)c2n1. The first-order chi connectivity index (χ1) is 17.6. The number of unbranched alkanes of at least 4 members (excludes halogenated alkanes) is 1. The Balaban J connectivity index is 1.50. The molecule has 36 heavy (non-hydrogen) atoms. The first kappa shape index (κ1) is 23.9. The minimum absolute atomic E-state index is 0.122. The van der Waals surface area contributed by atoms with Crippen LogP contribution in [0.4, 0.5) is 10.2 Å². The summed E-state index contributed by atoms with van der Waals surface area (Å²) in [5, 5.41) is 5.77. The molecule has 8 heteroatoms. The van der Waals surface area contributed by atoms with Crippen molar-refractivity contribution in [2.45, 2.75) is 39.5 Å². The number of hydrogen-bond donors (Lipinski definition) is 0. The second kappa shape index (κ2) is 10.4. The summed E-state index contributed by atoms with van der Waals surface area (Å²) in [6.45, 7) is 6.57. The van der Waals surface area contributed by atoms with Gasteiger partial charge in [0.2, 0.25) is 0 Å². The van der Waals surface area contributed by atoms with Crippen LogP contribution in [-0.2, 0) is 6.42 Å². The molecule has 0 radical (unpaired) electrons. The van der Waals surface area contributed by atoms with Gasteiger partial charge < -0.3 is 9.80 Å². The third-order valence-corrected chi connectivity index (χ3v) is 6.67. The van der Waals surface area contributed by atoms with Crippen LogP contribution in [0.1, 0.15) is 48.1 Å². The minimum Gasteiger partial charge on any atom is -0.354 e. The van der Waals surface area contributed by atoms with Gasteiger partial charge in [0.15, 0.2) is 5.65 Å². The molecule has 0 saturated carbocycles. The van der Waals surface area contributed by atoms with Crippen molar-refractivity contribution in [2.75, 3.05) is 31.1 Å². The van der Waals surface area contributed by atoms with Crippen molar-refractivity contribution in [3.63, 3.8) is 0 Å². The average Bonchev–Trinajstić information content (AvgIpc) is 3.07. The molecule has 5 rings (SSSR count). The zero-order valence-electron chi connectivity index (χ0n) is 20.8. The van der Waals surface area contributed by atoms with E-state index in [1.807, 2.05) is 41.9 Å². The average molecular weight is 487 g/mol. The number of rotatable bonds is 6. The molecule has 2 aromatic carbocycles. The molecule has 2 aromatic heterocycles. The number of para-hydroxylation sites is 1. The van der Waals surface area contributed by atoms with Gasteiger partial charge >= 0.3 is 0 Å². The summed E-state index contributed by atoms with van der Waals surface area (Å²) in [6, 6.07) is 16.2. The van der Waals surface area contributed by atoms with E-state index in [4.69, 9.17) is 15.1 Å². The molecule has 1 fully saturated rings. The monoisotopic (exact) mass is 486 g/mol. The zero-order valence-corrected chi connectivity index (χ0v) is 20.8. The number of nitrogens with zero attached hydrogens (tertiary/aromatic N) is 6. The number of carbonyl (C=O) groups excluding carboxylic acids is 1. The van der Waals surface area contributed by atoms with E-state index < -0.39 is 5.82 Å². The maximum Gasteiger partial charge on any atom is 0.256 e. The number of carbonyl (C=O) groups is 1. The van der Waals surface area contributed by atoms with Gasteiger partial charge in [-0.05, 0) is 44.0 Å². The van der Waals surface area contributed by atoms with Crippen molar-refractivity contribution in [3.8, 4) is 5.69 Å². The van der Waals surface area contributed by atoms with E-state index in [1.165, 1.54) is 6.07 Å². The molecule has 3 heterocycles. The third kappa shape index (κ3) is 4.67. The number of halogens is 1. The van der Waals surface area contributed by atoms with Gasteiger partial charge in [0.1, 0.15) is 17.5 Å². The first-order valence-electron chi connectivity index (χ1n) is 12.7. The van der Waals surface area contributed by atoms with E-state index in [-0.39, 0.29) is 11.5 Å². The summed E-state index contributed by atoms with van der Waals surface area (Å²) in [4.78, 5) is 27.0. The highest BCUT2D eigenvalue weighted by molar-refractivity contribution is 5.95. The predicted octanol–water partition coefficient (Wildman–Crippen LogP) is 4.96. The Labute approximate surface area is 210 Å². The molecule has 0 N–H and O–H groups in total. The van der Waals surface area contributed by atoms with Crippen LogP contribution in [0.25, 0.3) is 16.7 Å². The topological polar surface area (TPSA) is 67.2 Å². The lowest BCUT2D eigenvalue weighted by molar-refractivity contribution is 0.0762. The molecule has 0 bridgehead atoms. The fraction of sp³-hybridized carbons (Fsp3) is 0.357. The highest BCUT2D eigenvalue weighted by Gasteiger charge is 2.26. The van der Waals surface area contributed by atoms with Crippen molar-refractivity contribution in [1.82, 2.24) is 24.6 Å². The second-order valence-corrected chi connectivity index (χ2v) is 9.21. The number of aryl methyl sites for hydroxylation is 2. The molecule has 1 saturated heterocycles. The molecule has 186 valence electrons. The summed E-state index contributed by atoms with van der Waals surface area (Å²) in [5.74, 6) is 0.927. The molecule has 0 atom stereocenters. The van der Waals surface area contributed by atoms with E-state index >= 15 is 0 Å². The zero-order chi connectivity index (χ0) is 25.1. The molecule has 0 aliphatic carbocycles. The van der Waals surface area contributed by atoms with Crippen molar-refractivity contribution in [1.29, 1.82) is 0 Å². The molecular weight excluding hydrogens is 455 g/mol. The van der Waals surface area contributed by atoms with Crippen LogP contribution >= 0.6 is 0 Å². The van der Waals surface area contributed by atoms with Gasteiger partial charge in [-0.15, -0.1) is 0 Å². The van der Waals surface area contributed by atoms with Crippen LogP contribution < -0.4 is 4.90 Å². The predicted molar refractivity (Wildman–Crippen MR) is 139 cm³/mol. The number of anilines is 1. The Bertz CT molecular complexity index is 1370. The number of fused-ring (bicyclic) bond motifs is 1. The van der Waals surface area contributed by atoms with E-state index in [2.05, 4.69) is 11.8 Å². The van der Waals surface area contributed by atoms with Crippen molar-refractivity contribution >= 4 is 22.8 Å². The molecule has 0 spiro atoms. The Morgan fingerprint density at radius 3 is 2.53 bits per heavy atom. The highest BCUT2D eigenvalue weighted by atomic mass is 19.1. The molecule has 4 aromatic rings. The number of aromatic nitrogens is 4. The minimum atomic E-state index is -0.481. The van der Waals surface area contributed by atoms with Crippen LogP contribution in [-0.4, -0.2) is 56.7 Å². The molecular formula is C28H31FN6O. The summed E-state index contributed by atoms with van der Waals surface area (Å²) in [6.07, 6.45) is 3.63. The van der Waals surface area contributed by atoms with Crippen LogP contribution in [0.15, 0.2) is 54.6 Å². The van der Waals surface area contributed by atoms with E-state index in [0.29, 0.717) is 19.6 Å². The second-order valence-electron chi connectivity index (χ2n) is 9.21. The van der Waals surface area contributed by atoms with Gasteiger partial charge in [0.25, 0.3) is 5.91 Å². The number of benzene rings is 2. The molecule has 1 aliphatic heterocycles.